The average Bonchev–Trinajstić information content (AvgIpc) is 2.91. The summed E-state index contributed by atoms with van der Waals surface area (Å²) in [6, 6.07) is 11.5. The number of nitrogens with zero attached hydrogens (tertiary/aromatic N) is 2. The molecular weight excluding hydrogens is 460 g/mol. The molecule has 1 unspecified atom stereocenters. The lowest BCUT2D eigenvalue weighted by molar-refractivity contribution is -0.140. The molecule has 1 aliphatic heterocycles. The Morgan fingerprint density at radius 1 is 1.17 bits per heavy atom. The predicted molar refractivity (Wildman–Crippen MR) is 139 cm³/mol. The smallest absolute Gasteiger partial charge is 0.329 e. The maximum absolute atomic E-state index is 13.6. The predicted octanol–water partition coefficient (Wildman–Crippen LogP) is 3.67. The van der Waals surface area contributed by atoms with Gasteiger partial charge in [-0.3, -0.25) is 4.79 Å². The molecule has 0 aromatic heterocycles. The Kier molecular flexibility index (Phi) is 8.01. The summed E-state index contributed by atoms with van der Waals surface area (Å²) >= 11 is 0. The van der Waals surface area contributed by atoms with Crippen LogP contribution in [0.4, 0.5) is 16.2 Å². The summed E-state index contributed by atoms with van der Waals surface area (Å²) in [5, 5.41) is 17.6. The molecule has 1 atom stereocenters. The molecule has 3 amide bonds. The van der Waals surface area contributed by atoms with E-state index >= 15 is 0 Å². The number of carbonyl (C=O) groups is 2. The van der Waals surface area contributed by atoms with Crippen LogP contribution in [0.3, 0.4) is 0 Å². The van der Waals surface area contributed by atoms with Gasteiger partial charge in [0.1, 0.15) is 11.5 Å². The normalized spacial score (nSPS) is 20.0. The second-order valence-electron chi connectivity index (χ2n) is 9.40. The maximum atomic E-state index is 13.6. The molecule has 0 spiro atoms. The van der Waals surface area contributed by atoms with Crippen LogP contribution in [0.5, 0.6) is 11.5 Å². The molecule has 1 saturated carbocycles. The summed E-state index contributed by atoms with van der Waals surface area (Å²) in [7, 11) is 5.11. The van der Waals surface area contributed by atoms with Crippen molar-refractivity contribution in [3.8, 4) is 11.5 Å². The summed E-state index contributed by atoms with van der Waals surface area (Å²) in [6.07, 6.45) is 7.01. The summed E-state index contributed by atoms with van der Waals surface area (Å²) in [5.41, 5.74) is -1.39. The van der Waals surface area contributed by atoms with Crippen molar-refractivity contribution in [2.24, 2.45) is 0 Å². The minimum atomic E-state index is -2.28. The number of aliphatic hydroxyl groups is 1. The molecule has 0 saturated heterocycles. The Balaban J connectivity index is 1.57. The Hall–Kier alpha value is -3.30. The quantitative estimate of drug-likeness (QED) is 0.458. The van der Waals surface area contributed by atoms with E-state index in [1.807, 2.05) is 0 Å². The van der Waals surface area contributed by atoms with Crippen LogP contribution in [0.25, 0.3) is 0 Å². The zero-order chi connectivity index (χ0) is 25.7. The Morgan fingerprint density at radius 3 is 2.64 bits per heavy atom. The van der Waals surface area contributed by atoms with Crippen LogP contribution in [0.1, 0.15) is 44.1 Å². The summed E-state index contributed by atoms with van der Waals surface area (Å²) in [5.74, 6) is 0.121. The molecule has 1 heterocycles. The summed E-state index contributed by atoms with van der Waals surface area (Å²) < 4.78 is 10.7. The zero-order valence-electron chi connectivity index (χ0n) is 21.3. The highest BCUT2D eigenvalue weighted by atomic mass is 16.5. The van der Waals surface area contributed by atoms with Gasteiger partial charge in [-0.1, -0.05) is 37.5 Å². The largest absolute Gasteiger partial charge is 0.497 e. The van der Waals surface area contributed by atoms with Gasteiger partial charge in [0.2, 0.25) is 0 Å². The van der Waals surface area contributed by atoms with Gasteiger partial charge in [0.25, 0.3) is 11.6 Å². The summed E-state index contributed by atoms with van der Waals surface area (Å²) in [6.45, 7) is 1.21. The molecule has 0 radical (unpaired) electrons. The molecule has 36 heavy (non-hydrogen) atoms. The average molecular weight is 497 g/mol. The minimum absolute atomic E-state index is 0.236. The van der Waals surface area contributed by atoms with E-state index in [0.29, 0.717) is 24.0 Å². The van der Waals surface area contributed by atoms with Gasteiger partial charge in [-0.25, -0.2) is 9.69 Å². The fourth-order valence-electron chi connectivity index (χ4n) is 5.17. The lowest BCUT2D eigenvalue weighted by atomic mass is 9.94. The molecule has 9 nitrogen and oxygen atoms in total. The van der Waals surface area contributed by atoms with Crippen molar-refractivity contribution in [1.29, 1.82) is 0 Å². The van der Waals surface area contributed by atoms with Gasteiger partial charge >= 0.3 is 6.03 Å². The molecular formula is C27H36N4O5. The zero-order valence-corrected chi connectivity index (χ0v) is 21.3. The van der Waals surface area contributed by atoms with E-state index in [-0.39, 0.29) is 17.0 Å². The molecule has 3 N–H and O–H groups in total. The monoisotopic (exact) mass is 496 g/mol. The highest BCUT2D eigenvalue weighted by Gasteiger charge is 2.52. The summed E-state index contributed by atoms with van der Waals surface area (Å²) in [4.78, 5) is 30.3. The van der Waals surface area contributed by atoms with E-state index in [4.69, 9.17) is 9.47 Å². The first-order chi connectivity index (χ1) is 17.4. The first kappa shape index (κ1) is 25.8. The van der Waals surface area contributed by atoms with Crippen molar-refractivity contribution >= 4 is 23.3 Å². The third-order valence-electron chi connectivity index (χ3n) is 7.19. The van der Waals surface area contributed by atoms with Gasteiger partial charge in [0.05, 0.1) is 25.6 Å². The van der Waals surface area contributed by atoms with Gasteiger partial charge in [-0.15, -0.1) is 0 Å². The molecule has 2 aromatic carbocycles. The van der Waals surface area contributed by atoms with E-state index in [1.54, 1.807) is 42.5 Å². The molecule has 1 fully saturated rings. The van der Waals surface area contributed by atoms with Crippen molar-refractivity contribution in [3.63, 3.8) is 0 Å². The number of nitrogens with one attached hydrogen (secondary N) is 2. The fraction of sp³-hybridized carbons (Fsp3) is 0.481. The van der Waals surface area contributed by atoms with Gasteiger partial charge < -0.3 is 30.1 Å². The van der Waals surface area contributed by atoms with Crippen molar-refractivity contribution in [2.45, 2.75) is 50.3 Å². The van der Waals surface area contributed by atoms with Crippen LogP contribution in [-0.4, -0.2) is 62.3 Å². The first-order valence-corrected chi connectivity index (χ1v) is 12.5. The Labute approximate surface area is 212 Å². The SMILES string of the molecule is COc1ccc(N2C(=O)Nc3ccccc3C2(O)C(=O)NCCCN(C)C2CCCCC2)c(OC)c1. The van der Waals surface area contributed by atoms with Gasteiger partial charge in [0, 0.05) is 24.2 Å². The number of methoxy groups -OCH3 is 2. The van der Waals surface area contributed by atoms with Crippen molar-refractivity contribution in [2.75, 3.05) is 44.6 Å². The van der Waals surface area contributed by atoms with Crippen molar-refractivity contribution in [1.82, 2.24) is 10.2 Å². The number of para-hydroxylation sites is 1. The van der Waals surface area contributed by atoms with Gasteiger partial charge in [-0.05, 0) is 51.1 Å². The van der Waals surface area contributed by atoms with E-state index < -0.39 is 17.7 Å². The molecule has 2 aromatic rings. The molecule has 1 aliphatic carbocycles. The number of urea groups is 1. The van der Waals surface area contributed by atoms with Crippen LogP contribution in [-0.2, 0) is 10.5 Å². The lowest BCUT2D eigenvalue weighted by Gasteiger charge is -2.43. The third kappa shape index (κ3) is 4.99. The number of rotatable bonds is 9. The minimum Gasteiger partial charge on any atom is -0.497 e. The highest BCUT2D eigenvalue weighted by Crippen LogP contribution is 2.43. The maximum Gasteiger partial charge on any atom is 0.329 e. The highest BCUT2D eigenvalue weighted by molar-refractivity contribution is 6.12. The van der Waals surface area contributed by atoms with Gasteiger partial charge in [0.15, 0.2) is 0 Å². The van der Waals surface area contributed by atoms with Crippen molar-refractivity contribution in [3.05, 3.63) is 48.0 Å². The second-order valence-corrected chi connectivity index (χ2v) is 9.40. The number of fused-ring (bicyclic) bond motifs is 1. The Morgan fingerprint density at radius 2 is 1.92 bits per heavy atom. The number of hydrogen-bond acceptors (Lipinski definition) is 6. The van der Waals surface area contributed by atoms with Crippen LogP contribution in [0.15, 0.2) is 42.5 Å². The molecule has 9 heteroatoms. The van der Waals surface area contributed by atoms with E-state index in [9.17, 15) is 14.7 Å². The number of anilines is 2. The first-order valence-electron chi connectivity index (χ1n) is 12.5. The number of hydrogen-bond donors (Lipinski definition) is 3. The van der Waals surface area contributed by atoms with E-state index in [0.717, 1.165) is 17.9 Å². The number of carbonyl (C=O) groups excluding carboxylic acids is 2. The Bertz CT molecular complexity index is 1090. The number of benzene rings is 2. The van der Waals surface area contributed by atoms with Crippen LogP contribution in [0, 0.1) is 0 Å². The fourth-order valence-corrected chi connectivity index (χ4v) is 5.17. The van der Waals surface area contributed by atoms with E-state index in [2.05, 4.69) is 22.6 Å². The standard InChI is InChI=1S/C27H36N4O5/c1-30(19-10-5-4-6-11-19)17-9-16-28-25(32)27(34)21-12-7-8-13-22(21)29-26(33)31(27)23-15-14-20(35-2)18-24(23)36-3/h7-8,12-15,18-19,34H,4-6,9-11,16-17H2,1-3H3,(H,28,32)(H,29,33). The number of amides is 3. The number of ether oxygens (including phenoxy) is 2. The molecule has 4 rings (SSSR count). The van der Waals surface area contributed by atoms with Crippen LogP contribution >= 0.6 is 0 Å². The third-order valence-corrected chi connectivity index (χ3v) is 7.19. The van der Waals surface area contributed by atoms with E-state index in [1.165, 1.54) is 46.3 Å². The van der Waals surface area contributed by atoms with Crippen LogP contribution < -0.4 is 25.0 Å². The topological polar surface area (TPSA) is 103 Å². The van der Waals surface area contributed by atoms with Gasteiger partial charge in [-0.2, -0.15) is 0 Å². The molecule has 2 aliphatic rings. The second kappa shape index (κ2) is 11.2. The molecule has 0 bridgehead atoms. The van der Waals surface area contributed by atoms with Crippen molar-refractivity contribution < 1.29 is 24.2 Å². The molecule has 194 valence electrons. The lowest BCUT2D eigenvalue weighted by Crippen LogP contribution is -2.62. The van der Waals surface area contributed by atoms with Crippen LogP contribution in [0.2, 0.25) is 0 Å².